The fraction of sp³-hybridized carbons (Fsp3) is 0. The van der Waals surface area contributed by atoms with E-state index in [2.05, 4.69) is 27.4 Å². The van der Waals surface area contributed by atoms with E-state index in [0.29, 0.717) is 11.2 Å². The lowest BCUT2D eigenvalue weighted by molar-refractivity contribution is -0.384. The Hall–Kier alpha value is -2.89. The summed E-state index contributed by atoms with van der Waals surface area (Å²) in [4.78, 5) is 18.4. The number of aliphatic imine (C=N–C) groups is 1. The summed E-state index contributed by atoms with van der Waals surface area (Å²) < 4.78 is 1.85. The van der Waals surface area contributed by atoms with Crippen LogP contribution in [0.25, 0.3) is 16.7 Å². The molecule has 3 aromatic rings. The Labute approximate surface area is 124 Å². The quantitative estimate of drug-likeness (QED) is 0.320. The van der Waals surface area contributed by atoms with Crippen LogP contribution >= 0.6 is 12.2 Å². The molecule has 3 rings (SSSR count). The SMILES string of the molecule is O=[N+]([O-])c1ccc2c(c1)ncn2-c1ccc(N=C=S)cc1. The van der Waals surface area contributed by atoms with E-state index in [1.807, 2.05) is 28.8 Å². The van der Waals surface area contributed by atoms with Crippen molar-refractivity contribution in [2.75, 3.05) is 0 Å². The molecule has 6 nitrogen and oxygen atoms in total. The van der Waals surface area contributed by atoms with Gasteiger partial charge in [-0.25, -0.2) is 4.98 Å². The topological polar surface area (TPSA) is 73.3 Å². The van der Waals surface area contributed by atoms with Gasteiger partial charge in [0.05, 0.1) is 26.8 Å². The molecular weight excluding hydrogens is 288 g/mol. The second-order valence-corrected chi connectivity index (χ2v) is 4.45. The summed E-state index contributed by atoms with van der Waals surface area (Å²) in [5.74, 6) is 0. The van der Waals surface area contributed by atoms with E-state index in [4.69, 9.17) is 0 Å². The number of aromatic nitrogens is 2. The molecule has 0 unspecified atom stereocenters. The molecule has 0 spiro atoms. The van der Waals surface area contributed by atoms with Crippen molar-refractivity contribution in [2.24, 2.45) is 4.99 Å². The second kappa shape index (κ2) is 5.24. The van der Waals surface area contributed by atoms with E-state index < -0.39 is 4.92 Å². The van der Waals surface area contributed by atoms with Crippen LogP contribution in [-0.4, -0.2) is 19.6 Å². The molecule has 2 aromatic carbocycles. The highest BCUT2D eigenvalue weighted by Crippen LogP contribution is 2.23. The summed E-state index contributed by atoms with van der Waals surface area (Å²) in [7, 11) is 0. The molecule has 21 heavy (non-hydrogen) atoms. The first kappa shape index (κ1) is 13.1. The van der Waals surface area contributed by atoms with Crippen molar-refractivity contribution < 1.29 is 4.92 Å². The first-order valence-corrected chi connectivity index (χ1v) is 6.39. The lowest BCUT2D eigenvalue weighted by Crippen LogP contribution is -1.92. The van der Waals surface area contributed by atoms with E-state index in [9.17, 15) is 10.1 Å². The predicted octanol–water partition coefficient (Wildman–Crippen LogP) is 3.67. The number of nitrogens with zero attached hydrogens (tertiary/aromatic N) is 4. The summed E-state index contributed by atoms with van der Waals surface area (Å²) in [6.45, 7) is 0. The zero-order valence-electron chi connectivity index (χ0n) is 10.6. The van der Waals surface area contributed by atoms with Gasteiger partial charge in [0.15, 0.2) is 0 Å². The maximum Gasteiger partial charge on any atom is 0.271 e. The highest BCUT2D eigenvalue weighted by molar-refractivity contribution is 7.78. The summed E-state index contributed by atoms with van der Waals surface area (Å²) in [6, 6.07) is 12.0. The maximum atomic E-state index is 10.8. The van der Waals surface area contributed by atoms with Crippen molar-refractivity contribution in [2.45, 2.75) is 0 Å². The van der Waals surface area contributed by atoms with Crippen molar-refractivity contribution in [1.29, 1.82) is 0 Å². The first-order valence-electron chi connectivity index (χ1n) is 5.99. The Balaban J connectivity index is 2.08. The van der Waals surface area contributed by atoms with Gasteiger partial charge < -0.3 is 0 Å². The van der Waals surface area contributed by atoms with Gasteiger partial charge in [-0.15, -0.1) is 0 Å². The number of thiocarbonyl (C=S) groups is 1. The Kier molecular flexibility index (Phi) is 3.27. The molecule has 1 aromatic heterocycles. The minimum Gasteiger partial charge on any atom is -0.299 e. The zero-order chi connectivity index (χ0) is 14.8. The van der Waals surface area contributed by atoms with Gasteiger partial charge >= 0.3 is 0 Å². The number of isothiocyanates is 1. The number of nitro benzene ring substituents is 1. The highest BCUT2D eigenvalue weighted by Gasteiger charge is 2.10. The average molecular weight is 296 g/mol. The molecule has 7 heteroatoms. The average Bonchev–Trinajstić information content (AvgIpc) is 2.91. The number of rotatable bonds is 3. The van der Waals surface area contributed by atoms with Gasteiger partial charge in [-0.2, -0.15) is 4.99 Å². The summed E-state index contributed by atoms with van der Waals surface area (Å²) >= 11 is 4.56. The van der Waals surface area contributed by atoms with Gasteiger partial charge in [-0.05, 0) is 42.5 Å². The minimum absolute atomic E-state index is 0.0263. The zero-order valence-corrected chi connectivity index (χ0v) is 11.4. The first-order chi connectivity index (χ1) is 10.2. The van der Waals surface area contributed by atoms with Crippen LogP contribution in [0.15, 0.2) is 53.8 Å². The molecule has 1 heterocycles. The standard InChI is InChI=1S/C14H8N4O2S/c19-18(20)12-5-6-14-13(7-12)15-8-17(14)11-3-1-10(2-4-11)16-9-21/h1-8H. The molecule has 0 saturated heterocycles. The monoisotopic (exact) mass is 296 g/mol. The van der Waals surface area contributed by atoms with Gasteiger partial charge in [0.1, 0.15) is 6.33 Å². The van der Waals surface area contributed by atoms with Crippen LogP contribution in [0.5, 0.6) is 0 Å². The number of imidazole rings is 1. The number of fused-ring (bicyclic) bond motifs is 1. The van der Waals surface area contributed by atoms with Gasteiger partial charge in [-0.1, -0.05) is 0 Å². The smallest absolute Gasteiger partial charge is 0.271 e. The number of hydrogen-bond donors (Lipinski definition) is 0. The van der Waals surface area contributed by atoms with Crippen LogP contribution in [0, 0.1) is 10.1 Å². The van der Waals surface area contributed by atoms with Crippen molar-refractivity contribution >= 4 is 39.8 Å². The molecule has 0 aliphatic heterocycles. The molecule has 0 saturated carbocycles. The fourth-order valence-corrected chi connectivity index (χ4v) is 2.17. The lowest BCUT2D eigenvalue weighted by atomic mass is 10.2. The Morgan fingerprint density at radius 1 is 1.24 bits per heavy atom. The molecule has 0 aliphatic rings. The van der Waals surface area contributed by atoms with Crippen molar-refractivity contribution in [3.05, 3.63) is 58.9 Å². The van der Waals surface area contributed by atoms with Gasteiger partial charge in [0, 0.05) is 17.8 Å². The van der Waals surface area contributed by atoms with Crippen LogP contribution < -0.4 is 0 Å². The number of non-ortho nitro benzene ring substituents is 1. The molecule has 0 aliphatic carbocycles. The van der Waals surface area contributed by atoms with Gasteiger partial charge in [-0.3, -0.25) is 14.7 Å². The van der Waals surface area contributed by atoms with E-state index in [-0.39, 0.29) is 5.69 Å². The van der Waals surface area contributed by atoms with Crippen LogP contribution in [0.1, 0.15) is 0 Å². The number of nitro groups is 1. The van der Waals surface area contributed by atoms with Crippen LogP contribution in [0.2, 0.25) is 0 Å². The molecule has 0 radical (unpaired) electrons. The highest BCUT2D eigenvalue weighted by atomic mass is 32.1. The molecule has 0 atom stereocenters. The fourth-order valence-electron chi connectivity index (χ4n) is 2.06. The third-order valence-electron chi connectivity index (χ3n) is 3.04. The molecule has 0 bridgehead atoms. The third kappa shape index (κ3) is 2.43. The molecule has 0 N–H and O–H groups in total. The normalized spacial score (nSPS) is 10.3. The van der Waals surface area contributed by atoms with Crippen molar-refractivity contribution in [3.8, 4) is 5.69 Å². The molecule has 0 fully saturated rings. The number of hydrogen-bond acceptors (Lipinski definition) is 5. The van der Waals surface area contributed by atoms with Gasteiger partial charge in [0.2, 0.25) is 0 Å². The van der Waals surface area contributed by atoms with Crippen molar-refractivity contribution in [3.63, 3.8) is 0 Å². The van der Waals surface area contributed by atoms with E-state index in [0.717, 1.165) is 11.2 Å². The van der Waals surface area contributed by atoms with E-state index in [1.54, 1.807) is 12.4 Å². The third-order valence-corrected chi connectivity index (χ3v) is 3.14. The Morgan fingerprint density at radius 2 is 2.00 bits per heavy atom. The van der Waals surface area contributed by atoms with Crippen molar-refractivity contribution in [1.82, 2.24) is 9.55 Å². The Bertz CT molecular complexity index is 880. The Morgan fingerprint density at radius 3 is 2.67 bits per heavy atom. The maximum absolute atomic E-state index is 10.8. The summed E-state index contributed by atoms with van der Waals surface area (Å²) in [5.41, 5.74) is 3.00. The summed E-state index contributed by atoms with van der Waals surface area (Å²) in [5, 5.41) is 13.1. The van der Waals surface area contributed by atoms with Crippen LogP contribution in [0.4, 0.5) is 11.4 Å². The minimum atomic E-state index is -0.434. The lowest BCUT2D eigenvalue weighted by Gasteiger charge is -2.04. The predicted molar refractivity (Wildman–Crippen MR) is 82.4 cm³/mol. The molecular formula is C14H8N4O2S. The molecule has 0 amide bonds. The summed E-state index contributed by atoms with van der Waals surface area (Å²) in [6.07, 6.45) is 1.63. The van der Waals surface area contributed by atoms with Gasteiger partial charge in [0.25, 0.3) is 5.69 Å². The molecule has 102 valence electrons. The van der Waals surface area contributed by atoms with E-state index in [1.165, 1.54) is 12.1 Å². The largest absolute Gasteiger partial charge is 0.299 e. The second-order valence-electron chi connectivity index (χ2n) is 4.26. The number of benzene rings is 2. The van der Waals surface area contributed by atoms with Crippen LogP contribution in [0.3, 0.4) is 0 Å². The van der Waals surface area contributed by atoms with E-state index >= 15 is 0 Å². The van der Waals surface area contributed by atoms with Crippen LogP contribution in [-0.2, 0) is 0 Å².